The zero-order valence-corrected chi connectivity index (χ0v) is 11.1. The number of piperidine rings is 1. The van der Waals surface area contributed by atoms with Crippen molar-refractivity contribution in [3.05, 3.63) is 0 Å². The number of alkyl halides is 3. The Morgan fingerprint density at radius 3 is 2.74 bits per heavy atom. The topological polar surface area (TPSA) is 41.6 Å². The number of amides is 1. The summed E-state index contributed by atoms with van der Waals surface area (Å²) in [6.07, 6.45) is -0.112. The number of halogens is 3. The van der Waals surface area contributed by atoms with Gasteiger partial charge in [0.1, 0.15) is 13.2 Å². The van der Waals surface area contributed by atoms with Crippen LogP contribution in [0.5, 0.6) is 0 Å². The molecule has 1 aliphatic rings. The van der Waals surface area contributed by atoms with Crippen molar-refractivity contribution < 1.29 is 22.7 Å². The van der Waals surface area contributed by atoms with E-state index in [0.717, 1.165) is 19.4 Å². The minimum absolute atomic E-state index is 0.403. The van der Waals surface area contributed by atoms with Crippen molar-refractivity contribution in [3.63, 3.8) is 0 Å². The van der Waals surface area contributed by atoms with Gasteiger partial charge in [-0.25, -0.2) is 0 Å². The van der Waals surface area contributed by atoms with Crippen LogP contribution in [0.15, 0.2) is 0 Å². The van der Waals surface area contributed by atoms with Crippen LogP contribution in [-0.2, 0) is 9.53 Å². The van der Waals surface area contributed by atoms with Gasteiger partial charge in [0.05, 0.1) is 0 Å². The molecule has 0 spiro atoms. The Hall–Kier alpha value is -0.820. The molecule has 4 nitrogen and oxygen atoms in total. The second-order valence-corrected chi connectivity index (χ2v) is 4.86. The van der Waals surface area contributed by atoms with E-state index >= 15 is 0 Å². The number of hydrogen-bond acceptors (Lipinski definition) is 3. The lowest BCUT2D eigenvalue weighted by molar-refractivity contribution is -0.177. The van der Waals surface area contributed by atoms with Gasteiger partial charge in [0.25, 0.3) is 0 Å². The molecule has 1 atom stereocenters. The molecule has 112 valence electrons. The van der Waals surface area contributed by atoms with Gasteiger partial charge in [-0.3, -0.25) is 4.79 Å². The highest BCUT2D eigenvalue weighted by Crippen LogP contribution is 2.14. The van der Waals surface area contributed by atoms with Crippen LogP contribution in [-0.4, -0.2) is 56.4 Å². The van der Waals surface area contributed by atoms with E-state index in [1.807, 2.05) is 0 Å². The fraction of sp³-hybridized carbons (Fsp3) is 0.917. The lowest BCUT2D eigenvalue weighted by atomic mass is 10.0. The third-order valence-electron chi connectivity index (χ3n) is 3.14. The average molecular weight is 282 g/mol. The molecule has 1 rings (SSSR count). The molecule has 0 aliphatic carbocycles. The third kappa shape index (κ3) is 7.37. The van der Waals surface area contributed by atoms with E-state index in [0.29, 0.717) is 12.6 Å². The number of ether oxygens (including phenoxy) is 1. The lowest BCUT2D eigenvalue weighted by Gasteiger charge is -2.26. The molecule has 0 saturated carbocycles. The molecule has 1 saturated heterocycles. The standard InChI is InChI=1S/C12H21F3N2O2/c1-17(7-5-10-4-2-3-6-16-10)11(18)8-19-9-12(13,14)15/h10,16H,2-9H2,1H3. The zero-order valence-electron chi connectivity index (χ0n) is 11.1. The van der Waals surface area contributed by atoms with Gasteiger partial charge in [-0.05, 0) is 25.8 Å². The van der Waals surface area contributed by atoms with E-state index in [1.54, 1.807) is 7.05 Å². The highest BCUT2D eigenvalue weighted by atomic mass is 19.4. The number of carbonyl (C=O) groups is 1. The van der Waals surface area contributed by atoms with E-state index in [1.165, 1.54) is 17.7 Å². The van der Waals surface area contributed by atoms with Gasteiger partial charge in [0, 0.05) is 19.6 Å². The highest BCUT2D eigenvalue weighted by Gasteiger charge is 2.28. The van der Waals surface area contributed by atoms with Gasteiger partial charge in [0.2, 0.25) is 5.91 Å². The molecule has 7 heteroatoms. The second-order valence-electron chi connectivity index (χ2n) is 4.86. The van der Waals surface area contributed by atoms with Crippen molar-refractivity contribution in [2.24, 2.45) is 0 Å². The van der Waals surface area contributed by atoms with Crippen molar-refractivity contribution >= 4 is 5.91 Å². The van der Waals surface area contributed by atoms with Crippen LogP contribution < -0.4 is 5.32 Å². The Labute approximate surface area is 111 Å². The first kappa shape index (κ1) is 16.2. The summed E-state index contributed by atoms with van der Waals surface area (Å²) in [5.41, 5.74) is 0. The van der Waals surface area contributed by atoms with E-state index in [4.69, 9.17) is 0 Å². The van der Waals surface area contributed by atoms with Crippen LogP contribution in [0, 0.1) is 0 Å². The first-order valence-corrected chi connectivity index (χ1v) is 6.50. The predicted octanol–water partition coefficient (Wildman–Crippen LogP) is 1.56. The summed E-state index contributed by atoms with van der Waals surface area (Å²) in [6, 6.07) is 0.403. The molecule has 0 bridgehead atoms. The molecule has 0 aromatic rings. The van der Waals surface area contributed by atoms with Crippen molar-refractivity contribution in [1.29, 1.82) is 0 Å². The molecule has 1 fully saturated rings. The molecule has 1 unspecified atom stereocenters. The van der Waals surface area contributed by atoms with Crippen LogP contribution in [0.2, 0.25) is 0 Å². The van der Waals surface area contributed by atoms with Crippen molar-refractivity contribution in [3.8, 4) is 0 Å². The SMILES string of the molecule is CN(CCC1CCCCN1)C(=O)COCC(F)(F)F. The lowest BCUT2D eigenvalue weighted by Crippen LogP contribution is -2.39. The number of rotatable bonds is 6. The summed E-state index contributed by atoms with van der Waals surface area (Å²) in [4.78, 5) is 12.9. The Bertz CT molecular complexity index is 279. The van der Waals surface area contributed by atoms with E-state index in [-0.39, 0.29) is 0 Å². The number of nitrogens with one attached hydrogen (secondary N) is 1. The fourth-order valence-corrected chi connectivity index (χ4v) is 2.01. The largest absolute Gasteiger partial charge is 0.411 e. The van der Waals surface area contributed by atoms with E-state index in [9.17, 15) is 18.0 Å². The summed E-state index contributed by atoms with van der Waals surface area (Å²) < 4.78 is 39.9. The number of likely N-dealkylation sites (N-methyl/N-ethyl adjacent to an activating group) is 1. The molecule has 0 aromatic heterocycles. The maximum Gasteiger partial charge on any atom is 0.411 e. The van der Waals surface area contributed by atoms with Crippen LogP contribution in [0.1, 0.15) is 25.7 Å². The maximum atomic E-state index is 11.8. The van der Waals surface area contributed by atoms with Gasteiger partial charge >= 0.3 is 6.18 Å². The Morgan fingerprint density at radius 1 is 1.42 bits per heavy atom. The van der Waals surface area contributed by atoms with Crippen LogP contribution in [0.4, 0.5) is 13.2 Å². The van der Waals surface area contributed by atoms with Crippen LogP contribution >= 0.6 is 0 Å². The Morgan fingerprint density at radius 2 is 2.16 bits per heavy atom. The van der Waals surface area contributed by atoms with Gasteiger partial charge in [-0.1, -0.05) is 6.42 Å². The fourth-order valence-electron chi connectivity index (χ4n) is 2.01. The number of hydrogen-bond donors (Lipinski definition) is 1. The smallest absolute Gasteiger partial charge is 0.362 e. The maximum absolute atomic E-state index is 11.8. The van der Waals surface area contributed by atoms with Crippen LogP contribution in [0.3, 0.4) is 0 Å². The summed E-state index contributed by atoms with van der Waals surface area (Å²) in [5, 5.41) is 3.36. The molecule has 0 aromatic carbocycles. The first-order valence-electron chi connectivity index (χ1n) is 6.50. The van der Waals surface area contributed by atoms with Gasteiger partial charge in [-0.2, -0.15) is 13.2 Å². The summed E-state index contributed by atoms with van der Waals surface area (Å²) in [5.74, 6) is -0.417. The molecule has 1 amide bonds. The zero-order chi connectivity index (χ0) is 14.3. The third-order valence-corrected chi connectivity index (χ3v) is 3.14. The molecule has 19 heavy (non-hydrogen) atoms. The monoisotopic (exact) mass is 282 g/mol. The summed E-state index contributed by atoms with van der Waals surface area (Å²) in [7, 11) is 1.59. The molecule has 1 aliphatic heterocycles. The minimum Gasteiger partial charge on any atom is -0.362 e. The summed E-state index contributed by atoms with van der Waals surface area (Å²) >= 11 is 0. The second kappa shape index (κ2) is 7.69. The Kier molecular flexibility index (Phi) is 6.57. The van der Waals surface area contributed by atoms with Crippen LogP contribution in [0.25, 0.3) is 0 Å². The summed E-state index contributed by atoms with van der Waals surface area (Å²) in [6.45, 7) is -0.367. The highest BCUT2D eigenvalue weighted by molar-refractivity contribution is 5.77. The molecule has 1 N–H and O–H groups in total. The van der Waals surface area contributed by atoms with Gasteiger partial charge in [-0.15, -0.1) is 0 Å². The predicted molar refractivity (Wildman–Crippen MR) is 64.8 cm³/mol. The van der Waals surface area contributed by atoms with Crippen molar-refractivity contribution in [2.45, 2.75) is 37.9 Å². The molecular weight excluding hydrogens is 261 g/mol. The minimum atomic E-state index is -4.38. The van der Waals surface area contributed by atoms with Crippen molar-refractivity contribution in [1.82, 2.24) is 10.2 Å². The molecule has 0 radical (unpaired) electrons. The molecular formula is C12H21F3N2O2. The first-order chi connectivity index (χ1) is 8.88. The van der Waals surface area contributed by atoms with Gasteiger partial charge < -0.3 is 15.0 Å². The Balaban J connectivity index is 2.13. The average Bonchev–Trinajstić information content (AvgIpc) is 2.35. The van der Waals surface area contributed by atoms with Gasteiger partial charge in [0.15, 0.2) is 0 Å². The molecule has 1 heterocycles. The number of nitrogens with zero attached hydrogens (tertiary/aromatic N) is 1. The quantitative estimate of drug-likeness (QED) is 0.804. The van der Waals surface area contributed by atoms with E-state index < -0.39 is 25.3 Å². The normalized spacial score (nSPS) is 20.3. The van der Waals surface area contributed by atoms with E-state index in [2.05, 4.69) is 10.1 Å². The van der Waals surface area contributed by atoms with Crippen molar-refractivity contribution in [2.75, 3.05) is 33.4 Å². The number of carbonyl (C=O) groups excluding carboxylic acids is 1.